The van der Waals surface area contributed by atoms with Gasteiger partial charge in [0.2, 0.25) is 0 Å². The van der Waals surface area contributed by atoms with Crippen LogP contribution >= 0.6 is 0 Å². The number of hydrogen-bond donors (Lipinski definition) is 2. The highest BCUT2D eigenvalue weighted by Crippen LogP contribution is 2.48. The fraction of sp³-hybridized carbons (Fsp3) is 0.931. The number of ether oxygens (including phenoxy) is 2. The monoisotopic (exact) mass is 475 g/mol. The predicted molar refractivity (Wildman–Crippen MR) is 135 cm³/mol. The molecule has 5 nitrogen and oxygen atoms in total. The number of nitrogens with zero attached hydrogens (tertiary/aromatic N) is 1. The summed E-state index contributed by atoms with van der Waals surface area (Å²) in [6.07, 6.45) is 16.1. The van der Waals surface area contributed by atoms with E-state index in [1.807, 2.05) is 0 Å². The molecule has 2 N–H and O–H groups in total. The Labute approximate surface area is 207 Å². The van der Waals surface area contributed by atoms with Crippen LogP contribution in [0.3, 0.4) is 0 Å². The number of hydrogen-bond acceptors (Lipinski definition) is 5. The van der Waals surface area contributed by atoms with Crippen molar-refractivity contribution in [2.24, 2.45) is 17.8 Å². The molecule has 0 aromatic carbocycles. The van der Waals surface area contributed by atoms with Crippen molar-refractivity contribution in [3.8, 4) is 0 Å². The largest absolute Gasteiger partial charge is 0.393 e. The van der Waals surface area contributed by atoms with Crippen LogP contribution < -0.4 is 0 Å². The summed E-state index contributed by atoms with van der Waals surface area (Å²) in [6.45, 7) is 6.85. The van der Waals surface area contributed by atoms with Crippen LogP contribution in [0.4, 0.5) is 0 Å². The highest BCUT2D eigenvalue weighted by molar-refractivity contribution is 5.28. The van der Waals surface area contributed by atoms with Crippen molar-refractivity contribution in [2.75, 3.05) is 26.2 Å². The van der Waals surface area contributed by atoms with Gasteiger partial charge in [0.1, 0.15) is 0 Å². The van der Waals surface area contributed by atoms with Crippen LogP contribution in [0.25, 0.3) is 0 Å². The van der Waals surface area contributed by atoms with Crippen molar-refractivity contribution in [3.63, 3.8) is 0 Å². The first kappa shape index (κ1) is 25.2. The first-order valence-electron chi connectivity index (χ1n) is 14.6. The van der Waals surface area contributed by atoms with E-state index in [9.17, 15) is 10.2 Å². The molecule has 2 aliphatic heterocycles. The highest BCUT2D eigenvalue weighted by Gasteiger charge is 2.45. The Morgan fingerprint density at radius 1 is 0.853 bits per heavy atom. The summed E-state index contributed by atoms with van der Waals surface area (Å²) in [6, 6.07) is 0. The summed E-state index contributed by atoms with van der Waals surface area (Å²) in [4.78, 5) is 2.57. The maximum absolute atomic E-state index is 10.3. The second-order valence-electron chi connectivity index (χ2n) is 12.1. The minimum atomic E-state index is -0.204. The molecule has 4 unspecified atom stereocenters. The molecular formula is C29H49NO4. The molecule has 3 saturated carbocycles. The fourth-order valence-corrected chi connectivity index (χ4v) is 7.85. The van der Waals surface area contributed by atoms with Crippen LogP contribution in [0.1, 0.15) is 96.8 Å². The molecule has 5 rings (SSSR count). The Morgan fingerprint density at radius 3 is 2.29 bits per heavy atom. The number of aliphatic hydroxyl groups excluding tert-OH is 2. The van der Waals surface area contributed by atoms with Gasteiger partial charge in [-0.25, -0.2) is 0 Å². The second kappa shape index (κ2) is 11.7. The Morgan fingerprint density at radius 2 is 1.56 bits per heavy atom. The van der Waals surface area contributed by atoms with Gasteiger partial charge < -0.3 is 24.6 Å². The number of aliphatic hydroxyl groups is 2. The van der Waals surface area contributed by atoms with E-state index in [-0.39, 0.29) is 24.4 Å². The van der Waals surface area contributed by atoms with Crippen molar-refractivity contribution in [3.05, 3.63) is 11.1 Å². The van der Waals surface area contributed by atoms with Gasteiger partial charge >= 0.3 is 0 Å². The lowest BCUT2D eigenvalue weighted by atomic mass is 9.67. The van der Waals surface area contributed by atoms with E-state index in [2.05, 4.69) is 11.8 Å². The SMILES string of the molecule is CC1=C(C2CCC(O)CC2)C(C2CCC(OCCN3CCCCC3)CC2)OC2CC(O)CCC12. The maximum atomic E-state index is 10.3. The van der Waals surface area contributed by atoms with Gasteiger partial charge in [0.05, 0.1) is 37.1 Å². The number of piperidine rings is 1. The molecule has 1 saturated heterocycles. The molecule has 0 aromatic heterocycles. The van der Waals surface area contributed by atoms with E-state index in [4.69, 9.17) is 9.47 Å². The van der Waals surface area contributed by atoms with Gasteiger partial charge in [-0.15, -0.1) is 0 Å². The number of rotatable bonds is 6. The Bertz CT molecular complexity index is 674. The molecule has 4 fully saturated rings. The van der Waals surface area contributed by atoms with E-state index in [1.165, 1.54) is 45.2 Å². The number of likely N-dealkylation sites (tertiary alicyclic amines) is 1. The molecule has 2 heterocycles. The van der Waals surface area contributed by atoms with Gasteiger partial charge in [-0.3, -0.25) is 0 Å². The first-order valence-corrected chi connectivity index (χ1v) is 14.6. The van der Waals surface area contributed by atoms with Crippen molar-refractivity contribution in [1.82, 2.24) is 4.90 Å². The summed E-state index contributed by atoms with van der Waals surface area (Å²) in [5.41, 5.74) is 3.17. The van der Waals surface area contributed by atoms with Crippen molar-refractivity contribution in [1.29, 1.82) is 0 Å². The molecule has 5 heteroatoms. The first-order chi connectivity index (χ1) is 16.6. The molecule has 3 aliphatic carbocycles. The van der Waals surface area contributed by atoms with E-state index < -0.39 is 0 Å². The smallest absolute Gasteiger partial charge is 0.0822 e. The Balaban J connectivity index is 1.20. The minimum absolute atomic E-state index is 0.116. The minimum Gasteiger partial charge on any atom is -0.393 e. The standard InChI is InChI=1S/C29H49NO4/c1-20-26-14-11-24(32)19-27(26)34-29(28(20)21-5-9-23(31)10-6-21)22-7-12-25(13-8-22)33-18-17-30-15-3-2-4-16-30/h21-27,29,31-32H,2-19H2,1H3. The summed E-state index contributed by atoms with van der Waals surface area (Å²) in [5, 5.41) is 20.5. The second-order valence-corrected chi connectivity index (χ2v) is 12.1. The van der Waals surface area contributed by atoms with Crippen molar-refractivity contribution >= 4 is 0 Å². The molecule has 0 amide bonds. The molecule has 0 radical (unpaired) electrons. The molecule has 5 aliphatic rings. The third-order valence-electron chi connectivity index (χ3n) is 9.90. The van der Waals surface area contributed by atoms with E-state index >= 15 is 0 Å². The van der Waals surface area contributed by atoms with Crippen LogP contribution in [0, 0.1) is 17.8 Å². The lowest BCUT2D eigenvalue weighted by Gasteiger charge is -2.48. The van der Waals surface area contributed by atoms with Crippen LogP contribution in [0.15, 0.2) is 11.1 Å². The molecule has 34 heavy (non-hydrogen) atoms. The maximum Gasteiger partial charge on any atom is 0.0822 e. The van der Waals surface area contributed by atoms with Gasteiger partial charge in [-0.1, -0.05) is 12.0 Å². The quantitative estimate of drug-likeness (QED) is 0.538. The van der Waals surface area contributed by atoms with Crippen LogP contribution in [-0.2, 0) is 9.47 Å². The van der Waals surface area contributed by atoms with Gasteiger partial charge in [0.25, 0.3) is 0 Å². The predicted octanol–water partition coefficient (Wildman–Crippen LogP) is 4.84. The van der Waals surface area contributed by atoms with Crippen molar-refractivity contribution in [2.45, 2.75) is 127 Å². The molecule has 0 bridgehead atoms. The van der Waals surface area contributed by atoms with Crippen LogP contribution in [0.5, 0.6) is 0 Å². The normalized spacial score (nSPS) is 42.4. The zero-order valence-electron chi connectivity index (χ0n) is 21.5. The van der Waals surface area contributed by atoms with Gasteiger partial charge in [0.15, 0.2) is 0 Å². The molecule has 0 aromatic rings. The molecule has 194 valence electrons. The highest BCUT2D eigenvalue weighted by atomic mass is 16.5. The summed E-state index contributed by atoms with van der Waals surface area (Å²) >= 11 is 0. The van der Waals surface area contributed by atoms with Crippen LogP contribution in [0.2, 0.25) is 0 Å². The third-order valence-corrected chi connectivity index (χ3v) is 9.90. The van der Waals surface area contributed by atoms with Gasteiger partial charge in [-0.2, -0.15) is 0 Å². The molecule has 4 atom stereocenters. The fourth-order valence-electron chi connectivity index (χ4n) is 7.85. The van der Waals surface area contributed by atoms with Crippen molar-refractivity contribution < 1.29 is 19.7 Å². The third kappa shape index (κ3) is 5.91. The summed E-state index contributed by atoms with van der Waals surface area (Å²) < 4.78 is 13.3. The molecule has 0 spiro atoms. The molecular weight excluding hydrogens is 426 g/mol. The summed E-state index contributed by atoms with van der Waals surface area (Å²) in [5.74, 6) is 1.62. The zero-order chi connectivity index (χ0) is 23.5. The van der Waals surface area contributed by atoms with Gasteiger partial charge in [-0.05, 0) is 114 Å². The van der Waals surface area contributed by atoms with E-state index in [1.54, 1.807) is 11.1 Å². The average Bonchev–Trinajstić information content (AvgIpc) is 2.86. The van der Waals surface area contributed by atoms with E-state index in [0.717, 1.165) is 70.9 Å². The zero-order valence-corrected chi connectivity index (χ0v) is 21.5. The van der Waals surface area contributed by atoms with Crippen LogP contribution in [-0.4, -0.2) is 71.9 Å². The Kier molecular flexibility index (Phi) is 8.69. The topological polar surface area (TPSA) is 62.2 Å². The average molecular weight is 476 g/mol. The summed E-state index contributed by atoms with van der Waals surface area (Å²) in [7, 11) is 0. The lowest BCUT2D eigenvalue weighted by molar-refractivity contribution is -0.110. The van der Waals surface area contributed by atoms with Gasteiger partial charge in [0, 0.05) is 18.9 Å². The lowest BCUT2D eigenvalue weighted by Crippen LogP contribution is -2.47. The Hall–Kier alpha value is -0.460. The number of fused-ring (bicyclic) bond motifs is 1. The van der Waals surface area contributed by atoms with E-state index in [0.29, 0.717) is 23.9 Å².